The van der Waals surface area contributed by atoms with E-state index in [2.05, 4.69) is 22.9 Å². The SMILES string of the molecule is CC1CCCC(N(C)c2cc(C#N)cc(Cl)n2)C1. The molecule has 1 fully saturated rings. The molecular weight excluding hydrogens is 246 g/mol. The Balaban J connectivity index is 2.20. The van der Waals surface area contributed by atoms with E-state index in [1.165, 1.54) is 25.7 Å². The fraction of sp³-hybridized carbons (Fsp3) is 0.571. The van der Waals surface area contributed by atoms with Gasteiger partial charge in [0, 0.05) is 13.1 Å². The van der Waals surface area contributed by atoms with Crippen LogP contribution in [0.15, 0.2) is 12.1 Å². The van der Waals surface area contributed by atoms with Crippen molar-refractivity contribution in [2.75, 3.05) is 11.9 Å². The Hall–Kier alpha value is -1.27. The molecule has 1 aromatic heterocycles. The average molecular weight is 264 g/mol. The third kappa shape index (κ3) is 2.94. The predicted molar refractivity (Wildman–Crippen MR) is 73.8 cm³/mol. The van der Waals surface area contributed by atoms with Gasteiger partial charge in [-0.15, -0.1) is 0 Å². The summed E-state index contributed by atoms with van der Waals surface area (Å²) in [5.41, 5.74) is 0.570. The maximum atomic E-state index is 8.97. The van der Waals surface area contributed by atoms with E-state index >= 15 is 0 Å². The molecule has 0 bridgehead atoms. The van der Waals surface area contributed by atoms with Crippen LogP contribution in [0.1, 0.15) is 38.2 Å². The first-order chi connectivity index (χ1) is 8.60. The van der Waals surface area contributed by atoms with Crippen molar-refractivity contribution in [3.8, 4) is 6.07 Å². The zero-order valence-corrected chi connectivity index (χ0v) is 11.6. The van der Waals surface area contributed by atoms with E-state index in [0.29, 0.717) is 16.8 Å². The molecule has 0 amide bonds. The predicted octanol–water partition coefficient (Wildman–Crippen LogP) is 3.62. The van der Waals surface area contributed by atoms with Crippen LogP contribution in [0.5, 0.6) is 0 Å². The highest BCUT2D eigenvalue weighted by molar-refractivity contribution is 6.29. The van der Waals surface area contributed by atoms with Crippen molar-refractivity contribution in [3.63, 3.8) is 0 Å². The number of nitriles is 1. The van der Waals surface area contributed by atoms with Gasteiger partial charge < -0.3 is 4.90 Å². The first-order valence-electron chi connectivity index (χ1n) is 6.40. The van der Waals surface area contributed by atoms with Gasteiger partial charge in [0.2, 0.25) is 0 Å². The number of aromatic nitrogens is 1. The molecule has 2 unspecified atom stereocenters. The fourth-order valence-corrected chi connectivity index (χ4v) is 2.87. The van der Waals surface area contributed by atoms with E-state index in [1.807, 2.05) is 13.1 Å². The smallest absolute Gasteiger partial charge is 0.132 e. The zero-order valence-electron chi connectivity index (χ0n) is 10.9. The first kappa shape index (κ1) is 13.2. The summed E-state index contributed by atoms with van der Waals surface area (Å²) < 4.78 is 0. The lowest BCUT2D eigenvalue weighted by Gasteiger charge is -2.35. The highest BCUT2D eigenvalue weighted by Crippen LogP contribution is 2.29. The van der Waals surface area contributed by atoms with Crippen LogP contribution in [0.4, 0.5) is 5.82 Å². The summed E-state index contributed by atoms with van der Waals surface area (Å²) >= 11 is 5.95. The first-order valence-corrected chi connectivity index (χ1v) is 6.78. The summed E-state index contributed by atoms with van der Waals surface area (Å²) in [4.78, 5) is 6.49. The van der Waals surface area contributed by atoms with Crippen molar-refractivity contribution in [1.82, 2.24) is 4.98 Å². The minimum absolute atomic E-state index is 0.389. The lowest BCUT2D eigenvalue weighted by molar-refractivity contribution is 0.335. The summed E-state index contributed by atoms with van der Waals surface area (Å²) in [7, 11) is 2.04. The van der Waals surface area contributed by atoms with E-state index in [1.54, 1.807) is 6.07 Å². The van der Waals surface area contributed by atoms with Gasteiger partial charge in [0.1, 0.15) is 11.0 Å². The van der Waals surface area contributed by atoms with Gasteiger partial charge in [-0.05, 0) is 30.9 Å². The monoisotopic (exact) mass is 263 g/mol. The van der Waals surface area contributed by atoms with Crippen LogP contribution in [0.3, 0.4) is 0 Å². The van der Waals surface area contributed by atoms with Crippen molar-refractivity contribution in [2.24, 2.45) is 5.92 Å². The molecule has 0 aromatic carbocycles. The summed E-state index contributed by atoms with van der Waals surface area (Å²) in [6, 6.07) is 6.04. The van der Waals surface area contributed by atoms with Gasteiger partial charge in [0.05, 0.1) is 11.6 Å². The molecule has 4 heteroatoms. The van der Waals surface area contributed by atoms with Crippen molar-refractivity contribution >= 4 is 17.4 Å². The quantitative estimate of drug-likeness (QED) is 0.765. The summed E-state index contributed by atoms with van der Waals surface area (Å²) in [5, 5.41) is 9.35. The maximum Gasteiger partial charge on any atom is 0.132 e. The van der Waals surface area contributed by atoms with Gasteiger partial charge in [0.25, 0.3) is 0 Å². The second kappa shape index (κ2) is 5.58. The molecule has 0 spiro atoms. The second-order valence-corrected chi connectivity index (χ2v) is 5.57. The van der Waals surface area contributed by atoms with Crippen LogP contribution < -0.4 is 4.90 Å². The number of hydrogen-bond donors (Lipinski definition) is 0. The number of halogens is 1. The molecule has 1 saturated carbocycles. The van der Waals surface area contributed by atoms with Gasteiger partial charge in [-0.2, -0.15) is 5.26 Å². The van der Waals surface area contributed by atoms with Crippen LogP contribution >= 0.6 is 11.6 Å². The summed E-state index contributed by atoms with van der Waals surface area (Å²) in [6.07, 6.45) is 4.96. The zero-order chi connectivity index (χ0) is 13.1. The minimum atomic E-state index is 0.389. The molecule has 96 valence electrons. The average Bonchev–Trinajstić information content (AvgIpc) is 2.37. The molecule has 0 aliphatic heterocycles. The standard InChI is InChI=1S/C14H18ClN3/c1-10-4-3-5-12(6-10)18(2)14-8-11(9-16)7-13(15)17-14/h7-8,10,12H,3-6H2,1-2H3. The Morgan fingerprint density at radius 2 is 2.22 bits per heavy atom. The number of hydrogen-bond acceptors (Lipinski definition) is 3. The third-order valence-electron chi connectivity index (χ3n) is 3.73. The molecular formula is C14H18ClN3. The van der Waals surface area contributed by atoms with Crippen molar-refractivity contribution in [3.05, 3.63) is 22.8 Å². The van der Waals surface area contributed by atoms with Crippen molar-refractivity contribution in [1.29, 1.82) is 5.26 Å². The van der Waals surface area contributed by atoms with Gasteiger partial charge in [-0.3, -0.25) is 0 Å². The molecule has 0 radical (unpaired) electrons. The Bertz CT molecular complexity index is 467. The maximum absolute atomic E-state index is 8.97. The number of rotatable bonds is 2. The molecule has 3 nitrogen and oxygen atoms in total. The summed E-state index contributed by atoms with van der Waals surface area (Å²) in [6.45, 7) is 2.30. The lowest BCUT2D eigenvalue weighted by Crippen LogP contribution is -2.36. The molecule has 1 aliphatic rings. The molecule has 1 aromatic rings. The third-order valence-corrected chi connectivity index (χ3v) is 3.92. The molecule has 2 atom stereocenters. The molecule has 2 rings (SSSR count). The van der Waals surface area contributed by atoms with Gasteiger partial charge in [0.15, 0.2) is 0 Å². The van der Waals surface area contributed by atoms with E-state index in [0.717, 1.165) is 11.7 Å². The van der Waals surface area contributed by atoms with Crippen LogP contribution in [0.2, 0.25) is 5.15 Å². The Kier molecular flexibility index (Phi) is 4.08. The highest BCUT2D eigenvalue weighted by atomic mass is 35.5. The van der Waals surface area contributed by atoms with Crippen LogP contribution in [0.25, 0.3) is 0 Å². The van der Waals surface area contributed by atoms with Crippen LogP contribution in [-0.4, -0.2) is 18.1 Å². The Morgan fingerprint density at radius 3 is 2.89 bits per heavy atom. The fourth-order valence-electron chi connectivity index (χ4n) is 2.67. The van der Waals surface area contributed by atoms with E-state index in [4.69, 9.17) is 16.9 Å². The van der Waals surface area contributed by atoms with Crippen LogP contribution in [0, 0.1) is 17.2 Å². The minimum Gasteiger partial charge on any atom is -0.357 e. The van der Waals surface area contributed by atoms with E-state index in [-0.39, 0.29) is 0 Å². The Labute approximate surface area is 113 Å². The normalized spacial score (nSPS) is 23.4. The number of anilines is 1. The van der Waals surface area contributed by atoms with Gasteiger partial charge in [-0.25, -0.2) is 4.98 Å². The lowest BCUT2D eigenvalue weighted by atomic mass is 9.86. The number of pyridine rings is 1. The summed E-state index contributed by atoms with van der Waals surface area (Å²) in [5.74, 6) is 1.57. The number of nitrogens with zero attached hydrogens (tertiary/aromatic N) is 3. The topological polar surface area (TPSA) is 39.9 Å². The Morgan fingerprint density at radius 1 is 1.44 bits per heavy atom. The molecule has 0 saturated heterocycles. The van der Waals surface area contributed by atoms with Gasteiger partial charge in [-0.1, -0.05) is 31.4 Å². The molecule has 0 N–H and O–H groups in total. The van der Waals surface area contributed by atoms with Crippen molar-refractivity contribution < 1.29 is 0 Å². The molecule has 18 heavy (non-hydrogen) atoms. The highest BCUT2D eigenvalue weighted by Gasteiger charge is 2.23. The van der Waals surface area contributed by atoms with Crippen LogP contribution in [-0.2, 0) is 0 Å². The van der Waals surface area contributed by atoms with Gasteiger partial charge >= 0.3 is 0 Å². The molecule has 1 heterocycles. The van der Waals surface area contributed by atoms with Crippen molar-refractivity contribution in [2.45, 2.75) is 38.6 Å². The second-order valence-electron chi connectivity index (χ2n) is 5.19. The molecule has 1 aliphatic carbocycles. The largest absolute Gasteiger partial charge is 0.357 e. The van der Waals surface area contributed by atoms with E-state index < -0.39 is 0 Å². The van der Waals surface area contributed by atoms with E-state index in [9.17, 15) is 0 Å².